The zero-order valence-electron chi connectivity index (χ0n) is 18.6. The van der Waals surface area contributed by atoms with Gasteiger partial charge in [0, 0.05) is 18.2 Å². The van der Waals surface area contributed by atoms with Gasteiger partial charge in [0.05, 0.1) is 11.4 Å². The Morgan fingerprint density at radius 3 is 1.59 bits per heavy atom. The molecule has 1 saturated heterocycles. The van der Waals surface area contributed by atoms with Crippen molar-refractivity contribution >= 4 is 74.1 Å². The van der Waals surface area contributed by atoms with Crippen LogP contribution in [0.4, 0.5) is 28.0 Å². The van der Waals surface area contributed by atoms with Gasteiger partial charge in [-0.05, 0) is 58.0 Å². The summed E-state index contributed by atoms with van der Waals surface area (Å²) in [7, 11) is 0. The average Bonchev–Trinajstić information content (AvgIpc) is 2.70. The zero-order valence-corrected chi connectivity index (χ0v) is 22.5. The summed E-state index contributed by atoms with van der Waals surface area (Å²) >= 11 is 19.3. The number of imide groups is 2. The standard InChI is InChI=1S/C10H5ClF2N2O2.C10H6F2N2O3.Cl3OP/c11-8-4-9(16)15(10(17)14-8)7-2-5(12)1-6(13)3-7;11-5-1-6(12)3-7(2-5)14-9(16)4-8(15)13-10(14)17;1-5(2,3)4/h1-4H,(H,14,17);1-3H,4H2,(H,13,15,17);. The first-order chi connectivity index (χ1) is 17.9. The third-order valence-electron chi connectivity index (χ3n) is 4.12. The molecular formula is C20H11Cl4F4N4O6P. The van der Waals surface area contributed by atoms with Crippen LogP contribution in [-0.2, 0) is 14.2 Å². The van der Waals surface area contributed by atoms with Gasteiger partial charge in [-0.25, -0.2) is 36.6 Å². The first-order valence-corrected chi connectivity index (χ1v) is 14.5. The summed E-state index contributed by atoms with van der Waals surface area (Å²) in [5.74, 6) is -5.19. The molecule has 1 aliphatic heterocycles. The van der Waals surface area contributed by atoms with Crippen LogP contribution in [0.2, 0.25) is 5.15 Å². The van der Waals surface area contributed by atoms with Gasteiger partial charge in [0.1, 0.15) is 34.8 Å². The normalized spacial score (nSPS) is 13.1. The molecule has 2 aromatic carbocycles. The monoisotopic (exact) mass is 650 g/mol. The fraction of sp³-hybridized carbons (Fsp3) is 0.0500. The Morgan fingerprint density at radius 1 is 0.744 bits per heavy atom. The van der Waals surface area contributed by atoms with E-state index in [1.165, 1.54) is 0 Å². The summed E-state index contributed by atoms with van der Waals surface area (Å²) in [6.45, 7) is 0. The third kappa shape index (κ3) is 10.2. The van der Waals surface area contributed by atoms with Crippen LogP contribution in [0.25, 0.3) is 5.69 Å². The second kappa shape index (κ2) is 13.3. The van der Waals surface area contributed by atoms with Crippen molar-refractivity contribution in [1.82, 2.24) is 14.9 Å². The summed E-state index contributed by atoms with van der Waals surface area (Å²) in [5, 5.41) is -1.49. The van der Waals surface area contributed by atoms with E-state index in [4.69, 9.17) is 11.6 Å². The van der Waals surface area contributed by atoms with Gasteiger partial charge in [0.25, 0.3) is 5.56 Å². The van der Waals surface area contributed by atoms with Crippen LogP contribution in [0, 0.1) is 23.3 Å². The van der Waals surface area contributed by atoms with Crippen LogP contribution < -0.4 is 21.5 Å². The number of anilines is 1. The number of aromatic nitrogens is 2. The number of rotatable bonds is 2. The molecule has 1 aliphatic rings. The van der Waals surface area contributed by atoms with E-state index in [1.54, 1.807) is 0 Å². The molecule has 0 saturated carbocycles. The number of aromatic amines is 1. The smallest absolute Gasteiger partial charge is 0.297 e. The number of carbonyl (C=O) groups is 3. The maximum Gasteiger partial charge on any atom is 0.339 e. The number of nitrogens with zero attached hydrogens (tertiary/aromatic N) is 2. The highest BCUT2D eigenvalue weighted by Gasteiger charge is 2.32. The molecule has 0 atom stereocenters. The van der Waals surface area contributed by atoms with Gasteiger partial charge < -0.3 is 0 Å². The number of amides is 4. The molecule has 1 aromatic heterocycles. The van der Waals surface area contributed by atoms with Crippen LogP contribution in [0.5, 0.6) is 0 Å². The lowest BCUT2D eigenvalue weighted by Crippen LogP contribution is -2.53. The maximum atomic E-state index is 13.0. The Hall–Kier alpha value is -3.16. The highest BCUT2D eigenvalue weighted by Crippen LogP contribution is 2.61. The lowest BCUT2D eigenvalue weighted by atomic mass is 10.2. The van der Waals surface area contributed by atoms with E-state index in [2.05, 4.69) is 38.7 Å². The van der Waals surface area contributed by atoms with Crippen LogP contribution in [0.3, 0.4) is 0 Å². The number of H-pyrrole nitrogens is 1. The Bertz CT molecular complexity index is 1510. The van der Waals surface area contributed by atoms with Crippen LogP contribution in [-0.4, -0.2) is 27.4 Å². The number of halogens is 8. The van der Waals surface area contributed by atoms with E-state index < -0.39 is 64.0 Å². The number of hydrogen-bond acceptors (Lipinski definition) is 6. The molecule has 39 heavy (non-hydrogen) atoms. The minimum absolute atomic E-state index is 0.145. The van der Waals surface area contributed by atoms with E-state index in [-0.39, 0.29) is 16.5 Å². The molecule has 0 aliphatic carbocycles. The van der Waals surface area contributed by atoms with Gasteiger partial charge in [-0.3, -0.25) is 29.2 Å². The Kier molecular flexibility index (Phi) is 10.9. The fourth-order valence-corrected chi connectivity index (χ4v) is 3.03. The average molecular weight is 652 g/mol. The summed E-state index contributed by atoms with van der Waals surface area (Å²) < 4.78 is 61.9. The molecule has 2 heterocycles. The van der Waals surface area contributed by atoms with Crippen LogP contribution in [0.1, 0.15) is 6.42 Å². The number of benzene rings is 2. The molecule has 4 amide bonds. The lowest BCUT2D eigenvalue weighted by molar-refractivity contribution is -0.128. The quantitative estimate of drug-likeness (QED) is 0.169. The first kappa shape index (κ1) is 32.1. The van der Waals surface area contributed by atoms with Gasteiger partial charge in [-0.15, -0.1) is 0 Å². The Morgan fingerprint density at radius 2 is 1.18 bits per heavy atom. The largest absolute Gasteiger partial charge is 0.339 e. The summed E-state index contributed by atoms with van der Waals surface area (Å²) in [6, 6.07) is 4.57. The van der Waals surface area contributed by atoms with Gasteiger partial charge >= 0.3 is 16.9 Å². The molecule has 0 bridgehead atoms. The number of urea groups is 1. The molecule has 10 nitrogen and oxygen atoms in total. The van der Waals surface area contributed by atoms with Crippen molar-refractivity contribution in [3.05, 3.63) is 91.7 Å². The van der Waals surface area contributed by atoms with E-state index in [0.29, 0.717) is 21.6 Å². The summed E-state index contributed by atoms with van der Waals surface area (Å²) in [4.78, 5) is 59.3. The predicted octanol–water partition coefficient (Wildman–Crippen LogP) is 5.21. The van der Waals surface area contributed by atoms with Crippen molar-refractivity contribution in [2.24, 2.45) is 0 Å². The van der Waals surface area contributed by atoms with Crippen LogP contribution in [0.15, 0.2) is 52.1 Å². The molecule has 0 unspecified atom stereocenters. The zero-order chi connectivity index (χ0) is 29.7. The predicted molar refractivity (Wildman–Crippen MR) is 135 cm³/mol. The van der Waals surface area contributed by atoms with Gasteiger partial charge in [-0.1, -0.05) is 11.6 Å². The van der Waals surface area contributed by atoms with E-state index in [0.717, 1.165) is 30.3 Å². The molecule has 19 heteroatoms. The number of nitrogens with one attached hydrogen (secondary N) is 2. The Labute approximate surface area is 233 Å². The minimum Gasteiger partial charge on any atom is -0.297 e. The second-order valence-electron chi connectivity index (χ2n) is 7.01. The van der Waals surface area contributed by atoms with Crippen molar-refractivity contribution in [3.8, 4) is 5.69 Å². The lowest BCUT2D eigenvalue weighted by Gasteiger charge is -2.24. The van der Waals surface area contributed by atoms with Gasteiger partial charge in [0.15, 0.2) is 0 Å². The van der Waals surface area contributed by atoms with E-state index >= 15 is 0 Å². The number of carbonyl (C=O) groups excluding carboxylic acids is 3. The molecule has 0 spiro atoms. The van der Waals surface area contributed by atoms with Crippen molar-refractivity contribution in [3.63, 3.8) is 0 Å². The summed E-state index contributed by atoms with van der Waals surface area (Å²) in [6.07, 6.45) is -0.538. The van der Waals surface area contributed by atoms with Crippen molar-refractivity contribution in [1.29, 1.82) is 0 Å². The van der Waals surface area contributed by atoms with Crippen molar-refractivity contribution in [2.45, 2.75) is 6.42 Å². The first-order valence-electron chi connectivity index (χ1n) is 9.75. The van der Waals surface area contributed by atoms with Gasteiger partial charge in [0.2, 0.25) is 11.8 Å². The van der Waals surface area contributed by atoms with E-state index in [9.17, 15) is 46.1 Å². The van der Waals surface area contributed by atoms with Gasteiger partial charge in [-0.2, -0.15) is 0 Å². The second-order valence-corrected chi connectivity index (χ2v) is 14.1. The molecule has 2 N–H and O–H groups in total. The number of hydrogen-bond donors (Lipinski definition) is 2. The molecule has 208 valence electrons. The maximum absolute atomic E-state index is 13.0. The van der Waals surface area contributed by atoms with Crippen molar-refractivity contribution < 1.29 is 36.5 Å². The van der Waals surface area contributed by atoms with E-state index in [1.807, 2.05) is 5.32 Å². The molecule has 4 rings (SSSR count). The SMILES string of the molecule is O=C1CC(=O)N(c2cc(F)cc(F)c2)C(=O)N1.O=P(Cl)(Cl)Cl.O=c1cc(Cl)[nH]c(=O)n1-c1cc(F)cc(F)c1. The van der Waals surface area contributed by atoms with Crippen molar-refractivity contribution in [2.75, 3.05) is 4.90 Å². The Balaban J connectivity index is 0.000000234. The third-order valence-corrected chi connectivity index (χ3v) is 4.33. The highest BCUT2D eigenvalue weighted by molar-refractivity contribution is 8.24. The molecule has 3 aromatic rings. The topological polar surface area (TPSA) is 138 Å². The highest BCUT2D eigenvalue weighted by atomic mass is 36.0. The molecule has 0 radical (unpaired) electrons. The van der Waals surface area contributed by atoms with Crippen LogP contribution >= 0.6 is 50.5 Å². The fourth-order valence-electron chi connectivity index (χ4n) is 2.86. The molecule has 1 fully saturated rings. The number of barbiturate groups is 1. The molecular weight excluding hydrogens is 641 g/mol. The minimum atomic E-state index is -3.22. The summed E-state index contributed by atoms with van der Waals surface area (Å²) in [5.41, 5.74) is -2.10.